The molecule has 0 bridgehead atoms. The van der Waals surface area contributed by atoms with Crippen molar-refractivity contribution in [1.29, 1.82) is 0 Å². The van der Waals surface area contributed by atoms with E-state index in [1.165, 1.54) is 0 Å². The molecule has 0 aliphatic carbocycles. The molecule has 11 heavy (non-hydrogen) atoms. The molecule has 0 spiro atoms. The molecule has 1 atom stereocenters. The van der Waals surface area contributed by atoms with E-state index in [2.05, 4.69) is 0 Å². The van der Waals surface area contributed by atoms with Gasteiger partial charge < -0.3 is 9.84 Å². The van der Waals surface area contributed by atoms with Gasteiger partial charge in [-0.25, -0.2) is 0 Å². The van der Waals surface area contributed by atoms with E-state index in [1.54, 1.807) is 0 Å². The molecule has 62 valence electrons. The van der Waals surface area contributed by atoms with E-state index in [1.807, 2.05) is 13.8 Å². The topological polar surface area (TPSA) is 46.5 Å². The second kappa shape index (κ2) is 2.95. The molecular weight excluding hydrogens is 144 g/mol. The summed E-state index contributed by atoms with van der Waals surface area (Å²) in [6, 6.07) is 0. The minimum atomic E-state index is -0.781. The molecular formula is C8H12O3. The molecule has 0 radical (unpaired) electrons. The van der Waals surface area contributed by atoms with Gasteiger partial charge in [0.2, 0.25) is 0 Å². The van der Waals surface area contributed by atoms with Gasteiger partial charge in [0.25, 0.3) is 0 Å². The molecule has 1 heterocycles. The first-order chi connectivity index (χ1) is 5.11. The van der Waals surface area contributed by atoms with E-state index in [0.717, 1.165) is 11.3 Å². The lowest BCUT2D eigenvalue weighted by molar-refractivity contribution is -0.136. The van der Waals surface area contributed by atoms with Crippen LogP contribution < -0.4 is 0 Å². The third-order valence-corrected chi connectivity index (χ3v) is 1.94. The molecule has 1 unspecified atom stereocenters. The van der Waals surface area contributed by atoms with E-state index < -0.39 is 5.97 Å². The van der Waals surface area contributed by atoms with Crippen LogP contribution in [0.5, 0.6) is 0 Å². The SMILES string of the molecule is CC1=C(CC(=O)O)C(C)CO1. The highest BCUT2D eigenvalue weighted by Gasteiger charge is 2.22. The van der Waals surface area contributed by atoms with Crippen LogP contribution in [0.4, 0.5) is 0 Å². The average Bonchev–Trinajstić information content (AvgIpc) is 2.18. The third kappa shape index (κ3) is 1.73. The standard InChI is InChI=1S/C8H12O3/c1-5-4-11-6(2)7(5)3-8(9)10/h5H,3-4H2,1-2H3,(H,9,10). The Balaban J connectivity index is 2.67. The van der Waals surface area contributed by atoms with Gasteiger partial charge in [0.15, 0.2) is 0 Å². The smallest absolute Gasteiger partial charge is 0.307 e. The maximum Gasteiger partial charge on any atom is 0.307 e. The summed E-state index contributed by atoms with van der Waals surface area (Å²) in [4.78, 5) is 10.4. The Hall–Kier alpha value is -0.990. The average molecular weight is 156 g/mol. The van der Waals surface area contributed by atoms with Gasteiger partial charge in [-0.1, -0.05) is 6.92 Å². The van der Waals surface area contributed by atoms with Crippen molar-refractivity contribution in [3.8, 4) is 0 Å². The highest BCUT2D eigenvalue weighted by Crippen LogP contribution is 2.26. The molecule has 0 saturated carbocycles. The summed E-state index contributed by atoms with van der Waals surface area (Å²) in [5, 5.41) is 8.52. The first kappa shape index (κ1) is 8.11. The molecule has 1 aliphatic rings. The molecule has 3 nitrogen and oxygen atoms in total. The summed E-state index contributed by atoms with van der Waals surface area (Å²) < 4.78 is 5.19. The normalized spacial score (nSPS) is 23.6. The summed E-state index contributed by atoms with van der Waals surface area (Å²) in [6.45, 7) is 4.44. The van der Waals surface area contributed by atoms with Crippen molar-refractivity contribution in [1.82, 2.24) is 0 Å². The van der Waals surface area contributed by atoms with E-state index in [0.29, 0.717) is 6.61 Å². The predicted octanol–water partition coefficient (Wildman–Crippen LogP) is 1.40. The van der Waals surface area contributed by atoms with Gasteiger partial charge in [-0.05, 0) is 12.5 Å². The van der Waals surface area contributed by atoms with Crippen molar-refractivity contribution < 1.29 is 14.6 Å². The van der Waals surface area contributed by atoms with Crippen LogP contribution >= 0.6 is 0 Å². The summed E-state index contributed by atoms with van der Waals surface area (Å²) in [5.74, 6) is 0.280. The van der Waals surface area contributed by atoms with Crippen molar-refractivity contribution in [2.24, 2.45) is 5.92 Å². The number of allylic oxidation sites excluding steroid dienone is 1. The second-order valence-electron chi connectivity index (χ2n) is 2.86. The summed E-state index contributed by atoms with van der Waals surface area (Å²) >= 11 is 0. The zero-order chi connectivity index (χ0) is 8.43. The van der Waals surface area contributed by atoms with Crippen molar-refractivity contribution >= 4 is 5.97 Å². The minimum Gasteiger partial charge on any atom is -0.498 e. The Morgan fingerprint density at radius 2 is 2.45 bits per heavy atom. The second-order valence-corrected chi connectivity index (χ2v) is 2.86. The zero-order valence-corrected chi connectivity index (χ0v) is 6.76. The van der Waals surface area contributed by atoms with E-state index >= 15 is 0 Å². The van der Waals surface area contributed by atoms with Crippen LogP contribution in [0.15, 0.2) is 11.3 Å². The number of hydrogen-bond donors (Lipinski definition) is 1. The first-order valence-electron chi connectivity index (χ1n) is 3.65. The monoisotopic (exact) mass is 156 g/mol. The van der Waals surface area contributed by atoms with Gasteiger partial charge in [-0.15, -0.1) is 0 Å². The molecule has 1 rings (SSSR count). The third-order valence-electron chi connectivity index (χ3n) is 1.94. The Kier molecular flexibility index (Phi) is 2.17. The first-order valence-corrected chi connectivity index (χ1v) is 3.65. The van der Waals surface area contributed by atoms with Gasteiger partial charge in [-0.2, -0.15) is 0 Å². The predicted molar refractivity (Wildman–Crippen MR) is 40.1 cm³/mol. The number of carboxylic acid groups (broad SMARTS) is 1. The van der Waals surface area contributed by atoms with Crippen molar-refractivity contribution in [3.05, 3.63) is 11.3 Å². The maximum atomic E-state index is 10.4. The molecule has 0 amide bonds. The van der Waals surface area contributed by atoms with Crippen LogP contribution in [0.1, 0.15) is 20.3 Å². The maximum absolute atomic E-state index is 10.4. The summed E-state index contributed by atoms with van der Waals surface area (Å²) in [5.41, 5.74) is 0.928. The number of rotatable bonds is 2. The Morgan fingerprint density at radius 1 is 1.82 bits per heavy atom. The lowest BCUT2D eigenvalue weighted by atomic mass is 10.0. The van der Waals surface area contributed by atoms with Gasteiger partial charge in [0, 0.05) is 5.92 Å². The van der Waals surface area contributed by atoms with Gasteiger partial charge in [0.05, 0.1) is 18.8 Å². The number of carboxylic acids is 1. The number of carbonyl (C=O) groups is 1. The van der Waals surface area contributed by atoms with Crippen LogP contribution in [0, 0.1) is 5.92 Å². The number of hydrogen-bond acceptors (Lipinski definition) is 2. The summed E-state index contributed by atoms with van der Waals surface area (Å²) in [6.07, 6.45) is 0.118. The van der Waals surface area contributed by atoms with Crippen LogP contribution in [0.3, 0.4) is 0 Å². The van der Waals surface area contributed by atoms with Crippen molar-refractivity contribution in [2.45, 2.75) is 20.3 Å². The molecule has 3 heteroatoms. The molecule has 0 fully saturated rings. The highest BCUT2D eigenvalue weighted by atomic mass is 16.5. The van der Waals surface area contributed by atoms with Gasteiger partial charge in [0.1, 0.15) is 0 Å². The fourth-order valence-electron chi connectivity index (χ4n) is 1.25. The fourth-order valence-corrected chi connectivity index (χ4v) is 1.25. The van der Waals surface area contributed by atoms with Crippen LogP contribution in [0.25, 0.3) is 0 Å². The van der Waals surface area contributed by atoms with Crippen molar-refractivity contribution in [3.63, 3.8) is 0 Å². The Bertz CT molecular complexity index is 205. The van der Waals surface area contributed by atoms with Crippen LogP contribution in [0.2, 0.25) is 0 Å². The quantitative estimate of drug-likeness (QED) is 0.657. The zero-order valence-electron chi connectivity index (χ0n) is 6.76. The summed E-state index contributed by atoms with van der Waals surface area (Å²) in [7, 11) is 0. The molecule has 0 aromatic heterocycles. The Morgan fingerprint density at radius 3 is 2.82 bits per heavy atom. The van der Waals surface area contributed by atoms with Crippen LogP contribution in [-0.4, -0.2) is 17.7 Å². The van der Waals surface area contributed by atoms with Crippen molar-refractivity contribution in [2.75, 3.05) is 6.61 Å². The van der Waals surface area contributed by atoms with Gasteiger partial charge in [-0.3, -0.25) is 4.79 Å². The highest BCUT2D eigenvalue weighted by molar-refractivity contribution is 5.70. The molecule has 0 aromatic rings. The molecule has 1 N–H and O–H groups in total. The number of aliphatic carboxylic acids is 1. The molecule has 1 aliphatic heterocycles. The van der Waals surface area contributed by atoms with Gasteiger partial charge >= 0.3 is 5.97 Å². The van der Waals surface area contributed by atoms with E-state index in [9.17, 15) is 4.79 Å². The molecule has 0 aromatic carbocycles. The lowest BCUT2D eigenvalue weighted by Crippen LogP contribution is -2.04. The van der Waals surface area contributed by atoms with E-state index in [-0.39, 0.29) is 12.3 Å². The van der Waals surface area contributed by atoms with Crippen LogP contribution in [-0.2, 0) is 9.53 Å². The van der Waals surface area contributed by atoms with E-state index in [4.69, 9.17) is 9.84 Å². The largest absolute Gasteiger partial charge is 0.498 e. The Labute approximate surface area is 65.7 Å². The minimum absolute atomic E-state index is 0.118. The number of ether oxygens (including phenoxy) is 1. The molecule has 0 saturated heterocycles. The fraction of sp³-hybridized carbons (Fsp3) is 0.625. The lowest BCUT2D eigenvalue weighted by Gasteiger charge is -2.01.